The maximum absolute atomic E-state index is 12.2. The molecule has 0 aromatic heterocycles. The molecule has 1 heterocycles. The summed E-state index contributed by atoms with van der Waals surface area (Å²) in [5, 5.41) is 22.7. The lowest BCUT2D eigenvalue weighted by Gasteiger charge is -2.21. The summed E-state index contributed by atoms with van der Waals surface area (Å²) in [6.45, 7) is 3.96. The van der Waals surface area contributed by atoms with Crippen molar-refractivity contribution in [3.8, 4) is 0 Å². The number of carbonyl (C=O) groups excluding carboxylic acids is 1. The van der Waals surface area contributed by atoms with Crippen molar-refractivity contribution in [3.63, 3.8) is 0 Å². The number of hydrogen-bond donors (Lipinski definition) is 2. The Kier molecular flexibility index (Phi) is 4.83. The summed E-state index contributed by atoms with van der Waals surface area (Å²) in [6.07, 6.45) is 0.438. The number of nitrogens with one attached hydrogen (secondary N) is 1. The van der Waals surface area contributed by atoms with Gasteiger partial charge in [-0.05, 0) is 25.8 Å². The normalized spacial score (nSPS) is 18.5. The highest BCUT2D eigenvalue weighted by atomic mass is 16.6. The molecule has 2 atom stereocenters. The van der Waals surface area contributed by atoms with Crippen molar-refractivity contribution in [3.05, 3.63) is 39.4 Å². The second-order valence-corrected chi connectivity index (χ2v) is 5.74. The van der Waals surface area contributed by atoms with E-state index in [0.717, 1.165) is 0 Å². The SMILES string of the molecule is Cc1ccc(C(C)NC(=O)N2CCC(C(=O)O)C2)cc1[N+](=O)[O-]. The summed E-state index contributed by atoms with van der Waals surface area (Å²) in [5.74, 6) is -1.43. The monoisotopic (exact) mass is 321 g/mol. The van der Waals surface area contributed by atoms with Crippen LogP contribution in [0.15, 0.2) is 18.2 Å². The molecule has 1 aliphatic heterocycles. The number of hydrogen-bond acceptors (Lipinski definition) is 4. The lowest BCUT2D eigenvalue weighted by atomic mass is 10.0. The largest absolute Gasteiger partial charge is 0.481 e. The second-order valence-electron chi connectivity index (χ2n) is 5.74. The zero-order chi connectivity index (χ0) is 17.1. The fraction of sp³-hybridized carbons (Fsp3) is 0.467. The molecule has 2 rings (SSSR count). The fourth-order valence-electron chi connectivity index (χ4n) is 2.60. The van der Waals surface area contributed by atoms with Gasteiger partial charge in [0.15, 0.2) is 0 Å². The zero-order valence-corrected chi connectivity index (χ0v) is 13.0. The molecule has 2 amide bonds. The first kappa shape index (κ1) is 16.7. The fourth-order valence-corrected chi connectivity index (χ4v) is 2.60. The van der Waals surface area contributed by atoms with Crippen molar-refractivity contribution in [2.75, 3.05) is 13.1 Å². The van der Waals surface area contributed by atoms with Gasteiger partial charge in [0.1, 0.15) is 0 Å². The van der Waals surface area contributed by atoms with Gasteiger partial charge >= 0.3 is 12.0 Å². The number of carbonyl (C=O) groups is 2. The van der Waals surface area contributed by atoms with Gasteiger partial charge in [0.25, 0.3) is 5.69 Å². The van der Waals surface area contributed by atoms with Crippen molar-refractivity contribution < 1.29 is 19.6 Å². The molecule has 0 saturated carbocycles. The van der Waals surface area contributed by atoms with E-state index in [1.54, 1.807) is 26.0 Å². The molecule has 124 valence electrons. The number of urea groups is 1. The number of carboxylic acids is 1. The number of aliphatic carboxylic acids is 1. The standard InChI is InChI=1S/C15H19N3O5/c1-9-3-4-11(7-13(9)18(22)23)10(2)16-15(21)17-6-5-12(8-17)14(19)20/h3-4,7,10,12H,5-6,8H2,1-2H3,(H,16,21)(H,19,20). The van der Waals surface area contributed by atoms with Gasteiger partial charge in [-0.15, -0.1) is 0 Å². The van der Waals surface area contributed by atoms with Crippen molar-refractivity contribution in [1.82, 2.24) is 10.2 Å². The highest BCUT2D eigenvalue weighted by Crippen LogP contribution is 2.24. The highest BCUT2D eigenvalue weighted by Gasteiger charge is 2.31. The Hall–Kier alpha value is -2.64. The van der Waals surface area contributed by atoms with Crippen LogP contribution in [0.4, 0.5) is 10.5 Å². The average Bonchev–Trinajstić information content (AvgIpc) is 2.97. The number of nitro benzene ring substituents is 1. The van der Waals surface area contributed by atoms with Gasteiger partial charge in [0, 0.05) is 24.7 Å². The minimum Gasteiger partial charge on any atom is -0.481 e. The number of aryl methyl sites for hydroxylation is 1. The molecule has 1 saturated heterocycles. The van der Waals surface area contributed by atoms with E-state index in [1.807, 2.05) is 0 Å². The first-order valence-corrected chi connectivity index (χ1v) is 7.32. The van der Waals surface area contributed by atoms with Crippen LogP contribution >= 0.6 is 0 Å². The average molecular weight is 321 g/mol. The number of carboxylic acid groups (broad SMARTS) is 1. The van der Waals surface area contributed by atoms with Gasteiger partial charge in [-0.3, -0.25) is 14.9 Å². The summed E-state index contributed by atoms with van der Waals surface area (Å²) in [5.41, 5.74) is 1.20. The molecule has 2 unspecified atom stereocenters. The quantitative estimate of drug-likeness (QED) is 0.651. The predicted molar refractivity (Wildman–Crippen MR) is 82.1 cm³/mol. The lowest BCUT2D eigenvalue weighted by molar-refractivity contribution is -0.385. The number of amides is 2. The van der Waals surface area contributed by atoms with E-state index < -0.39 is 22.9 Å². The van der Waals surface area contributed by atoms with Gasteiger partial charge in [0.05, 0.1) is 16.9 Å². The van der Waals surface area contributed by atoms with Crippen LogP contribution in [-0.2, 0) is 4.79 Å². The minimum absolute atomic E-state index is 0.00992. The van der Waals surface area contributed by atoms with Gasteiger partial charge in [0.2, 0.25) is 0 Å². The van der Waals surface area contributed by atoms with E-state index in [9.17, 15) is 19.7 Å². The number of rotatable bonds is 4. The van der Waals surface area contributed by atoms with E-state index >= 15 is 0 Å². The number of nitro groups is 1. The van der Waals surface area contributed by atoms with E-state index in [1.165, 1.54) is 11.0 Å². The van der Waals surface area contributed by atoms with E-state index in [4.69, 9.17) is 5.11 Å². The molecule has 23 heavy (non-hydrogen) atoms. The molecule has 0 bridgehead atoms. The highest BCUT2D eigenvalue weighted by molar-refractivity contribution is 5.77. The Bertz CT molecular complexity index is 646. The van der Waals surface area contributed by atoms with E-state index in [0.29, 0.717) is 24.1 Å². The maximum Gasteiger partial charge on any atom is 0.317 e. The van der Waals surface area contributed by atoms with Crippen molar-refractivity contribution in [2.45, 2.75) is 26.3 Å². The first-order chi connectivity index (χ1) is 10.8. The Morgan fingerprint density at radius 1 is 1.48 bits per heavy atom. The lowest BCUT2D eigenvalue weighted by Crippen LogP contribution is -2.40. The van der Waals surface area contributed by atoms with Crippen LogP contribution in [0.2, 0.25) is 0 Å². The third kappa shape index (κ3) is 3.77. The molecule has 1 fully saturated rings. The Labute approximate surface area is 133 Å². The van der Waals surface area contributed by atoms with Crippen LogP contribution in [0.3, 0.4) is 0 Å². The van der Waals surface area contributed by atoms with Crippen LogP contribution in [0.25, 0.3) is 0 Å². The number of nitrogens with zero attached hydrogens (tertiary/aromatic N) is 2. The molecular formula is C15H19N3O5. The molecule has 8 heteroatoms. The zero-order valence-electron chi connectivity index (χ0n) is 13.0. The van der Waals surface area contributed by atoms with Crippen molar-refractivity contribution >= 4 is 17.7 Å². The van der Waals surface area contributed by atoms with Crippen molar-refractivity contribution in [2.24, 2.45) is 5.92 Å². The summed E-state index contributed by atoms with van der Waals surface area (Å²) >= 11 is 0. The Morgan fingerprint density at radius 3 is 2.74 bits per heavy atom. The van der Waals surface area contributed by atoms with Gasteiger partial charge in [-0.25, -0.2) is 4.79 Å². The first-order valence-electron chi connectivity index (χ1n) is 7.32. The van der Waals surface area contributed by atoms with E-state index in [-0.39, 0.29) is 18.3 Å². The van der Waals surface area contributed by atoms with Crippen LogP contribution in [-0.4, -0.2) is 40.0 Å². The Balaban J connectivity index is 2.03. The van der Waals surface area contributed by atoms with Crippen LogP contribution in [0.5, 0.6) is 0 Å². The van der Waals surface area contributed by atoms with Gasteiger partial charge in [-0.2, -0.15) is 0 Å². The van der Waals surface area contributed by atoms with Crippen LogP contribution < -0.4 is 5.32 Å². The van der Waals surface area contributed by atoms with Gasteiger partial charge < -0.3 is 15.3 Å². The second kappa shape index (κ2) is 6.64. The number of likely N-dealkylation sites (tertiary alicyclic amines) is 1. The molecule has 2 N–H and O–H groups in total. The smallest absolute Gasteiger partial charge is 0.317 e. The molecular weight excluding hydrogens is 302 g/mol. The Morgan fingerprint density at radius 2 is 2.17 bits per heavy atom. The molecule has 1 aromatic carbocycles. The predicted octanol–water partition coefficient (Wildman–Crippen LogP) is 2.08. The molecule has 8 nitrogen and oxygen atoms in total. The van der Waals surface area contributed by atoms with Gasteiger partial charge in [-0.1, -0.05) is 12.1 Å². The maximum atomic E-state index is 12.2. The summed E-state index contributed by atoms with van der Waals surface area (Å²) < 4.78 is 0. The minimum atomic E-state index is -0.900. The third-order valence-corrected chi connectivity index (χ3v) is 4.09. The van der Waals surface area contributed by atoms with E-state index in [2.05, 4.69) is 5.32 Å². The number of benzene rings is 1. The molecule has 0 aliphatic carbocycles. The summed E-state index contributed by atoms with van der Waals surface area (Å²) in [4.78, 5) is 35.1. The summed E-state index contributed by atoms with van der Waals surface area (Å²) in [6, 6.07) is 4.06. The molecule has 0 radical (unpaired) electrons. The molecule has 0 spiro atoms. The molecule has 1 aliphatic rings. The summed E-state index contributed by atoms with van der Waals surface area (Å²) in [7, 11) is 0. The van der Waals surface area contributed by atoms with Crippen LogP contribution in [0, 0.1) is 23.0 Å². The topological polar surface area (TPSA) is 113 Å². The van der Waals surface area contributed by atoms with Crippen molar-refractivity contribution in [1.29, 1.82) is 0 Å². The molecule has 1 aromatic rings. The van der Waals surface area contributed by atoms with Crippen LogP contribution in [0.1, 0.15) is 30.5 Å². The third-order valence-electron chi connectivity index (χ3n) is 4.09.